The van der Waals surface area contributed by atoms with Gasteiger partial charge in [0.15, 0.2) is 17.5 Å². The Morgan fingerprint density at radius 2 is 0.808 bits per heavy atom. The molecule has 0 radical (unpaired) electrons. The van der Waals surface area contributed by atoms with Crippen molar-refractivity contribution in [3.8, 4) is 45.3 Å². The summed E-state index contributed by atoms with van der Waals surface area (Å²) < 4.78 is 12.6. The van der Waals surface area contributed by atoms with E-state index in [-0.39, 0.29) is 0 Å². The molecule has 0 N–H and O–H groups in total. The zero-order valence-electron chi connectivity index (χ0n) is 27.7. The van der Waals surface area contributed by atoms with E-state index >= 15 is 0 Å². The van der Waals surface area contributed by atoms with Gasteiger partial charge in [0.1, 0.15) is 22.3 Å². The largest absolute Gasteiger partial charge is 0.456 e. The van der Waals surface area contributed by atoms with E-state index in [0.717, 1.165) is 76.9 Å². The van der Waals surface area contributed by atoms with E-state index in [0.29, 0.717) is 17.5 Å². The Hall–Kier alpha value is -7.11. The first-order valence-corrected chi connectivity index (χ1v) is 17.4. The van der Waals surface area contributed by atoms with Gasteiger partial charge in [0.2, 0.25) is 0 Å². The lowest BCUT2D eigenvalue weighted by molar-refractivity contribution is 0.668. The van der Waals surface area contributed by atoms with Crippen molar-refractivity contribution in [2.75, 3.05) is 0 Å². The minimum atomic E-state index is 0.564. The minimum absolute atomic E-state index is 0.564. The van der Waals surface area contributed by atoms with Gasteiger partial charge in [0, 0.05) is 38.2 Å². The van der Waals surface area contributed by atoms with Crippen molar-refractivity contribution >= 4 is 65.4 Å². The molecule has 0 unspecified atom stereocenters. The average Bonchev–Trinajstić information content (AvgIpc) is 3.78. The number of nitrogens with zero attached hydrogens (tertiary/aromatic N) is 3. The molecule has 242 valence electrons. The lowest BCUT2D eigenvalue weighted by atomic mass is 9.92. The van der Waals surface area contributed by atoms with Crippen LogP contribution in [0.25, 0.3) is 111 Å². The summed E-state index contributed by atoms with van der Waals surface area (Å²) in [6, 6.07) is 56.4. The van der Waals surface area contributed by atoms with Crippen LogP contribution in [0.4, 0.5) is 0 Å². The van der Waals surface area contributed by atoms with Gasteiger partial charge < -0.3 is 8.83 Å². The normalized spacial score (nSPS) is 11.8. The number of rotatable bonds is 4. The van der Waals surface area contributed by atoms with E-state index < -0.39 is 0 Å². The molecule has 0 aliphatic rings. The summed E-state index contributed by atoms with van der Waals surface area (Å²) in [5.74, 6) is 1.73. The molecule has 0 saturated heterocycles. The Kier molecular flexibility index (Phi) is 6.18. The SMILES string of the molecule is c1ccc2c(-c3cccc4c(-c5nc(-c6ccc7c(c6)oc6ccccc67)nc(-c6cccc7oc8ccccc8c67)n5)cccc34)cccc2c1. The van der Waals surface area contributed by atoms with Crippen molar-refractivity contribution in [1.82, 2.24) is 15.0 Å². The first-order valence-electron chi connectivity index (χ1n) is 17.4. The van der Waals surface area contributed by atoms with Crippen LogP contribution in [-0.2, 0) is 0 Å². The molecule has 0 amide bonds. The second-order valence-electron chi connectivity index (χ2n) is 13.1. The third-order valence-electron chi connectivity index (χ3n) is 10.2. The fraction of sp³-hybridized carbons (Fsp3) is 0. The van der Waals surface area contributed by atoms with Crippen molar-refractivity contribution in [2.24, 2.45) is 0 Å². The van der Waals surface area contributed by atoms with Crippen molar-refractivity contribution in [3.63, 3.8) is 0 Å². The maximum absolute atomic E-state index is 6.30. The van der Waals surface area contributed by atoms with Gasteiger partial charge in [-0.05, 0) is 63.0 Å². The number of para-hydroxylation sites is 2. The Bertz CT molecular complexity index is 3200. The molecule has 0 bridgehead atoms. The van der Waals surface area contributed by atoms with E-state index in [9.17, 15) is 0 Å². The highest BCUT2D eigenvalue weighted by Gasteiger charge is 2.20. The predicted molar refractivity (Wildman–Crippen MR) is 211 cm³/mol. The summed E-state index contributed by atoms with van der Waals surface area (Å²) in [6.07, 6.45) is 0. The van der Waals surface area contributed by atoms with Crippen molar-refractivity contribution < 1.29 is 8.83 Å². The summed E-state index contributed by atoms with van der Waals surface area (Å²) in [6.45, 7) is 0. The van der Waals surface area contributed by atoms with Crippen LogP contribution in [0.1, 0.15) is 0 Å². The molecule has 8 aromatic carbocycles. The summed E-state index contributed by atoms with van der Waals surface area (Å²) in [5.41, 5.74) is 8.26. The fourth-order valence-corrected chi connectivity index (χ4v) is 7.77. The van der Waals surface area contributed by atoms with Gasteiger partial charge in [-0.1, -0.05) is 133 Å². The molecule has 3 aromatic heterocycles. The highest BCUT2D eigenvalue weighted by molar-refractivity contribution is 6.12. The molecule has 5 nitrogen and oxygen atoms in total. The molecule has 52 heavy (non-hydrogen) atoms. The average molecular weight is 666 g/mol. The predicted octanol–water partition coefficient (Wildman–Crippen LogP) is 12.6. The van der Waals surface area contributed by atoms with Crippen LogP contribution in [-0.4, -0.2) is 15.0 Å². The highest BCUT2D eigenvalue weighted by Crippen LogP contribution is 2.40. The second kappa shape index (κ2) is 11.2. The van der Waals surface area contributed by atoms with Crippen LogP contribution in [0.15, 0.2) is 173 Å². The molecular formula is C47H27N3O2. The number of hydrogen-bond donors (Lipinski definition) is 0. The van der Waals surface area contributed by atoms with Gasteiger partial charge in [-0.3, -0.25) is 0 Å². The molecule has 0 saturated carbocycles. The van der Waals surface area contributed by atoms with Gasteiger partial charge in [-0.2, -0.15) is 0 Å². The van der Waals surface area contributed by atoms with Crippen molar-refractivity contribution in [3.05, 3.63) is 164 Å². The summed E-state index contributed by atoms with van der Waals surface area (Å²) in [4.78, 5) is 15.6. The second-order valence-corrected chi connectivity index (χ2v) is 13.1. The van der Waals surface area contributed by atoms with E-state index in [1.807, 2.05) is 54.6 Å². The summed E-state index contributed by atoms with van der Waals surface area (Å²) >= 11 is 0. The number of fused-ring (bicyclic) bond motifs is 8. The molecular weight excluding hydrogens is 639 g/mol. The third-order valence-corrected chi connectivity index (χ3v) is 10.2. The molecule has 0 aliphatic heterocycles. The number of benzene rings is 8. The Morgan fingerprint density at radius 3 is 1.65 bits per heavy atom. The van der Waals surface area contributed by atoms with Crippen LogP contribution < -0.4 is 0 Å². The number of hydrogen-bond acceptors (Lipinski definition) is 5. The lowest BCUT2D eigenvalue weighted by Crippen LogP contribution is -2.01. The van der Waals surface area contributed by atoms with E-state index in [4.69, 9.17) is 23.8 Å². The Balaban J connectivity index is 1.17. The summed E-state index contributed by atoms with van der Waals surface area (Å²) in [7, 11) is 0. The topological polar surface area (TPSA) is 65.0 Å². The molecule has 0 aliphatic carbocycles. The van der Waals surface area contributed by atoms with Crippen LogP contribution in [0.3, 0.4) is 0 Å². The maximum Gasteiger partial charge on any atom is 0.164 e. The fourth-order valence-electron chi connectivity index (χ4n) is 7.77. The van der Waals surface area contributed by atoms with E-state index in [1.54, 1.807) is 0 Å². The van der Waals surface area contributed by atoms with Gasteiger partial charge in [0.05, 0.1) is 0 Å². The Morgan fingerprint density at radius 1 is 0.308 bits per heavy atom. The van der Waals surface area contributed by atoms with Gasteiger partial charge in [-0.15, -0.1) is 0 Å². The van der Waals surface area contributed by atoms with E-state index in [2.05, 4.69) is 109 Å². The van der Waals surface area contributed by atoms with Crippen LogP contribution in [0, 0.1) is 0 Å². The van der Waals surface area contributed by atoms with Crippen LogP contribution in [0.2, 0.25) is 0 Å². The van der Waals surface area contributed by atoms with Gasteiger partial charge >= 0.3 is 0 Å². The quantitative estimate of drug-likeness (QED) is 0.187. The smallest absolute Gasteiger partial charge is 0.164 e. The minimum Gasteiger partial charge on any atom is -0.456 e. The van der Waals surface area contributed by atoms with Gasteiger partial charge in [0.25, 0.3) is 0 Å². The first kappa shape index (κ1) is 28.7. The highest BCUT2D eigenvalue weighted by atomic mass is 16.3. The standard InChI is InChI=1S/C47H27N3O2/c1-2-13-30-28(11-1)12-7-16-31(30)32-17-8-19-34-33(32)18-9-20-37(34)46-48-45(29-25-26-36-35-14-3-5-22-40(35)52-43(36)27-29)49-47(50-46)39-21-10-24-42-44(39)38-15-4-6-23-41(38)51-42/h1-27H. The maximum atomic E-state index is 6.30. The zero-order chi connectivity index (χ0) is 34.2. The molecule has 11 rings (SSSR count). The van der Waals surface area contributed by atoms with Crippen molar-refractivity contribution in [2.45, 2.75) is 0 Å². The molecule has 11 aromatic rings. The summed E-state index contributed by atoms with van der Waals surface area (Å²) in [5, 5.41) is 8.75. The third kappa shape index (κ3) is 4.39. The lowest BCUT2D eigenvalue weighted by Gasteiger charge is -2.14. The molecule has 5 heteroatoms. The number of aromatic nitrogens is 3. The zero-order valence-corrected chi connectivity index (χ0v) is 27.7. The van der Waals surface area contributed by atoms with Crippen LogP contribution >= 0.6 is 0 Å². The molecule has 0 fully saturated rings. The molecule has 3 heterocycles. The van der Waals surface area contributed by atoms with Crippen molar-refractivity contribution in [1.29, 1.82) is 0 Å². The monoisotopic (exact) mass is 665 g/mol. The molecule has 0 atom stereocenters. The number of furan rings is 2. The Labute approximate surface area is 297 Å². The van der Waals surface area contributed by atoms with Gasteiger partial charge in [-0.25, -0.2) is 15.0 Å². The first-order chi connectivity index (χ1) is 25.8. The van der Waals surface area contributed by atoms with Crippen LogP contribution in [0.5, 0.6) is 0 Å². The van der Waals surface area contributed by atoms with E-state index in [1.165, 1.54) is 16.3 Å². The molecule has 0 spiro atoms.